The highest BCUT2D eigenvalue weighted by Gasteiger charge is 2.12. The van der Waals surface area contributed by atoms with Gasteiger partial charge in [-0.25, -0.2) is 4.39 Å². The molecule has 0 aliphatic heterocycles. The fourth-order valence-corrected chi connectivity index (χ4v) is 2.55. The molecule has 0 radical (unpaired) electrons. The third-order valence-electron chi connectivity index (χ3n) is 4.10. The van der Waals surface area contributed by atoms with Crippen molar-refractivity contribution in [2.24, 2.45) is 0 Å². The van der Waals surface area contributed by atoms with E-state index in [1.807, 2.05) is 12.1 Å². The van der Waals surface area contributed by atoms with Crippen molar-refractivity contribution in [1.29, 1.82) is 0 Å². The van der Waals surface area contributed by atoms with Crippen molar-refractivity contribution in [2.75, 3.05) is 7.11 Å². The molecule has 3 aromatic rings. The summed E-state index contributed by atoms with van der Waals surface area (Å²) in [4.78, 5) is 24.0. The van der Waals surface area contributed by atoms with Crippen LogP contribution in [0, 0.1) is 5.82 Å². The van der Waals surface area contributed by atoms with E-state index in [0.29, 0.717) is 11.3 Å². The Labute approximate surface area is 160 Å². The van der Waals surface area contributed by atoms with Crippen LogP contribution in [0.4, 0.5) is 4.39 Å². The Morgan fingerprint density at radius 2 is 1.86 bits per heavy atom. The lowest BCUT2D eigenvalue weighted by molar-refractivity contribution is -0.121. The molecule has 1 heterocycles. The van der Waals surface area contributed by atoms with Gasteiger partial charge in [-0.2, -0.15) is 5.10 Å². The average Bonchev–Trinajstić information content (AvgIpc) is 3.22. The van der Waals surface area contributed by atoms with E-state index >= 15 is 0 Å². The summed E-state index contributed by atoms with van der Waals surface area (Å²) in [6.45, 7) is 0. The Hall–Kier alpha value is -3.68. The lowest BCUT2D eigenvalue weighted by Crippen LogP contribution is -2.41. The number of H-pyrrole nitrogens is 1. The first-order valence-corrected chi connectivity index (χ1v) is 8.59. The monoisotopic (exact) mass is 382 g/mol. The molecule has 0 saturated heterocycles. The topological polar surface area (TPSA) is 96.1 Å². The largest absolute Gasteiger partial charge is 0.497 e. The fraction of sp³-hybridized carbons (Fsp3) is 0.150. The number of rotatable bonds is 6. The predicted octanol–water partition coefficient (Wildman–Crippen LogP) is 2.62. The van der Waals surface area contributed by atoms with E-state index in [-0.39, 0.29) is 24.4 Å². The Morgan fingerprint density at radius 1 is 1.11 bits per heavy atom. The smallest absolute Gasteiger partial charge is 0.287 e. The standard InChI is InChI=1S/C20H19FN4O3/c1-28-15-9-6-14(7-10-15)17-12-18(23-22-17)20(27)25-24-19(26)11-8-13-4-2-3-5-16(13)21/h2-7,9-10,12H,8,11H2,1H3,(H,22,23)(H,24,26)(H,25,27). The zero-order chi connectivity index (χ0) is 19.9. The number of nitrogens with zero attached hydrogens (tertiary/aromatic N) is 1. The highest BCUT2D eigenvalue weighted by molar-refractivity contribution is 5.94. The van der Waals surface area contributed by atoms with Gasteiger partial charge in [0.25, 0.3) is 5.91 Å². The Bertz CT molecular complexity index is 970. The molecule has 8 heteroatoms. The second-order valence-corrected chi connectivity index (χ2v) is 5.99. The minimum Gasteiger partial charge on any atom is -0.497 e. The number of carbonyl (C=O) groups is 2. The number of benzene rings is 2. The van der Waals surface area contributed by atoms with Crippen LogP contribution in [0.1, 0.15) is 22.5 Å². The van der Waals surface area contributed by atoms with Crippen LogP contribution in [0.5, 0.6) is 5.75 Å². The predicted molar refractivity (Wildman–Crippen MR) is 101 cm³/mol. The molecule has 0 spiro atoms. The maximum atomic E-state index is 13.5. The molecular formula is C20H19FN4O3. The van der Waals surface area contributed by atoms with Crippen LogP contribution in [-0.2, 0) is 11.2 Å². The maximum Gasteiger partial charge on any atom is 0.287 e. The van der Waals surface area contributed by atoms with E-state index in [1.54, 1.807) is 43.5 Å². The molecule has 2 amide bonds. The number of hydrogen-bond acceptors (Lipinski definition) is 4. The Morgan fingerprint density at radius 3 is 2.57 bits per heavy atom. The van der Waals surface area contributed by atoms with Gasteiger partial charge in [-0.05, 0) is 48.4 Å². The summed E-state index contributed by atoms with van der Waals surface area (Å²) in [6, 6.07) is 15.0. The van der Waals surface area contributed by atoms with E-state index < -0.39 is 11.8 Å². The van der Waals surface area contributed by atoms with Crippen LogP contribution >= 0.6 is 0 Å². The van der Waals surface area contributed by atoms with Crippen LogP contribution in [0.2, 0.25) is 0 Å². The Balaban J connectivity index is 1.51. The molecule has 0 aliphatic rings. The van der Waals surface area contributed by atoms with Gasteiger partial charge in [0.2, 0.25) is 5.91 Å². The van der Waals surface area contributed by atoms with Gasteiger partial charge in [-0.15, -0.1) is 0 Å². The second kappa shape index (κ2) is 8.81. The van der Waals surface area contributed by atoms with Crippen LogP contribution in [0.3, 0.4) is 0 Å². The number of hydrogen-bond donors (Lipinski definition) is 3. The quantitative estimate of drug-likeness (QED) is 0.571. The van der Waals surface area contributed by atoms with Crippen molar-refractivity contribution >= 4 is 11.8 Å². The zero-order valence-corrected chi connectivity index (χ0v) is 15.2. The first kappa shape index (κ1) is 19.1. The number of methoxy groups -OCH3 is 1. The summed E-state index contributed by atoms with van der Waals surface area (Å²) in [6.07, 6.45) is 0.279. The van der Waals surface area contributed by atoms with Crippen molar-refractivity contribution in [1.82, 2.24) is 21.0 Å². The number of hydrazine groups is 1. The molecule has 0 atom stereocenters. The summed E-state index contributed by atoms with van der Waals surface area (Å²) in [5.74, 6) is -0.601. The molecule has 7 nitrogen and oxygen atoms in total. The van der Waals surface area contributed by atoms with Crippen molar-refractivity contribution in [2.45, 2.75) is 12.8 Å². The van der Waals surface area contributed by atoms with E-state index in [4.69, 9.17) is 4.74 Å². The summed E-state index contributed by atoms with van der Waals surface area (Å²) in [7, 11) is 1.58. The number of carbonyl (C=O) groups excluding carboxylic acids is 2. The third kappa shape index (κ3) is 4.73. The number of ether oxygens (including phenoxy) is 1. The van der Waals surface area contributed by atoms with Gasteiger partial charge in [-0.1, -0.05) is 18.2 Å². The molecule has 0 unspecified atom stereocenters. The molecule has 0 aliphatic carbocycles. The molecule has 3 N–H and O–H groups in total. The number of halogens is 1. The van der Waals surface area contributed by atoms with Gasteiger partial charge in [0.1, 0.15) is 17.3 Å². The average molecular weight is 382 g/mol. The molecule has 28 heavy (non-hydrogen) atoms. The lowest BCUT2D eigenvalue weighted by atomic mass is 10.1. The summed E-state index contributed by atoms with van der Waals surface area (Å²) in [5.41, 5.74) is 6.65. The van der Waals surface area contributed by atoms with Gasteiger partial charge in [0, 0.05) is 12.0 Å². The van der Waals surface area contributed by atoms with Crippen LogP contribution in [-0.4, -0.2) is 29.1 Å². The first-order chi connectivity index (χ1) is 13.6. The molecule has 1 aromatic heterocycles. The van der Waals surface area contributed by atoms with Gasteiger partial charge in [0.05, 0.1) is 12.8 Å². The number of aryl methyl sites for hydroxylation is 1. The molecular weight excluding hydrogens is 363 g/mol. The highest BCUT2D eigenvalue weighted by Crippen LogP contribution is 2.21. The number of amides is 2. The van der Waals surface area contributed by atoms with Crippen LogP contribution in [0.25, 0.3) is 11.3 Å². The van der Waals surface area contributed by atoms with E-state index in [0.717, 1.165) is 11.3 Å². The van der Waals surface area contributed by atoms with E-state index in [9.17, 15) is 14.0 Å². The van der Waals surface area contributed by atoms with Crippen LogP contribution < -0.4 is 15.6 Å². The maximum absolute atomic E-state index is 13.5. The van der Waals surface area contributed by atoms with Gasteiger partial charge >= 0.3 is 0 Å². The summed E-state index contributed by atoms with van der Waals surface area (Å²) < 4.78 is 18.6. The Kier molecular flexibility index (Phi) is 6.01. The zero-order valence-electron chi connectivity index (χ0n) is 15.2. The van der Waals surface area contributed by atoms with Gasteiger partial charge in [-0.3, -0.25) is 25.5 Å². The number of aromatic amines is 1. The molecule has 0 saturated carbocycles. The minimum absolute atomic E-state index is 0.0429. The second-order valence-electron chi connectivity index (χ2n) is 5.99. The number of nitrogens with one attached hydrogen (secondary N) is 3. The molecule has 144 valence electrons. The third-order valence-corrected chi connectivity index (χ3v) is 4.10. The normalized spacial score (nSPS) is 10.4. The van der Waals surface area contributed by atoms with Crippen molar-refractivity contribution in [3.05, 3.63) is 71.7 Å². The number of aromatic nitrogens is 2. The van der Waals surface area contributed by atoms with E-state index in [2.05, 4.69) is 21.0 Å². The van der Waals surface area contributed by atoms with Crippen LogP contribution in [0.15, 0.2) is 54.6 Å². The summed E-state index contributed by atoms with van der Waals surface area (Å²) in [5, 5.41) is 6.72. The van der Waals surface area contributed by atoms with Gasteiger partial charge < -0.3 is 4.74 Å². The first-order valence-electron chi connectivity index (χ1n) is 8.59. The van der Waals surface area contributed by atoms with Gasteiger partial charge in [0.15, 0.2) is 0 Å². The summed E-state index contributed by atoms with van der Waals surface area (Å²) >= 11 is 0. The minimum atomic E-state index is -0.536. The lowest BCUT2D eigenvalue weighted by Gasteiger charge is -2.06. The van der Waals surface area contributed by atoms with Crippen molar-refractivity contribution in [3.63, 3.8) is 0 Å². The van der Waals surface area contributed by atoms with Crippen molar-refractivity contribution in [3.8, 4) is 17.0 Å². The molecule has 2 aromatic carbocycles. The fourth-order valence-electron chi connectivity index (χ4n) is 2.55. The van der Waals surface area contributed by atoms with Crippen molar-refractivity contribution < 1.29 is 18.7 Å². The van der Waals surface area contributed by atoms with E-state index in [1.165, 1.54) is 6.07 Å². The molecule has 3 rings (SSSR count). The molecule has 0 bridgehead atoms. The SMILES string of the molecule is COc1ccc(-c2cc(C(=O)NNC(=O)CCc3ccccc3F)[nH]n2)cc1. The molecule has 0 fully saturated rings. The highest BCUT2D eigenvalue weighted by atomic mass is 19.1.